The van der Waals surface area contributed by atoms with E-state index in [0.717, 1.165) is 0 Å². The molecule has 1 atom stereocenters. The van der Waals surface area contributed by atoms with Crippen molar-refractivity contribution in [3.63, 3.8) is 0 Å². The number of thioether (sulfide) groups is 1. The maximum atomic E-state index is 11.1. The molecule has 0 aromatic heterocycles. The lowest BCUT2D eigenvalue weighted by Gasteiger charge is -2.09. The van der Waals surface area contributed by atoms with Crippen molar-refractivity contribution in [1.82, 2.24) is 0 Å². The van der Waals surface area contributed by atoms with E-state index in [9.17, 15) is 4.79 Å². The Bertz CT molecular complexity index is 152. The summed E-state index contributed by atoms with van der Waals surface area (Å²) in [5.41, 5.74) is 0. The topological polar surface area (TPSA) is 44.8 Å². The largest absolute Gasteiger partial charge is 0.465 e. The standard InChI is InChI=1S/C9H18O4S/c1-4-13-9(10)8(2)14-7-12-6-5-11-3/h8H,4-7H2,1-3H3. The average molecular weight is 222 g/mol. The Morgan fingerprint density at radius 3 is 2.71 bits per heavy atom. The second-order valence-corrected chi connectivity index (χ2v) is 3.86. The van der Waals surface area contributed by atoms with Gasteiger partial charge in [0.2, 0.25) is 0 Å². The zero-order valence-corrected chi connectivity index (χ0v) is 9.76. The summed E-state index contributed by atoms with van der Waals surface area (Å²) in [6.45, 7) is 5.16. The Labute approximate surface area is 89.3 Å². The summed E-state index contributed by atoms with van der Waals surface area (Å²) in [7, 11) is 1.62. The van der Waals surface area contributed by atoms with E-state index in [1.54, 1.807) is 14.0 Å². The van der Waals surface area contributed by atoms with Crippen LogP contribution < -0.4 is 0 Å². The summed E-state index contributed by atoms with van der Waals surface area (Å²) in [6.07, 6.45) is 0. The van der Waals surface area contributed by atoms with Gasteiger partial charge in [-0.25, -0.2) is 0 Å². The Kier molecular flexibility index (Phi) is 9.13. The fourth-order valence-corrected chi connectivity index (χ4v) is 1.30. The predicted molar refractivity (Wildman–Crippen MR) is 56.4 cm³/mol. The zero-order valence-electron chi connectivity index (χ0n) is 8.95. The lowest BCUT2D eigenvalue weighted by atomic mass is 10.5. The van der Waals surface area contributed by atoms with Crippen molar-refractivity contribution in [1.29, 1.82) is 0 Å². The van der Waals surface area contributed by atoms with Crippen LogP contribution in [0, 0.1) is 0 Å². The Hall–Kier alpha value is -0.260. The van der Waals surface area contributed by atoms with Crippen LogP contribution in [0.4, 0.5) is 0 Å². The molecule has 0 rings (SSSR count). The van der Waals surface area contributed by atoms with Gasteiger partial charge >= 0.3 is 5.97 Å². The van der Waals surface area contributed by atoms with E-state index in [1.165, 1.54) is 11.8 Å². The highest BCUT2D eigenvalue weighted by Crippen LogP contribution is 2.11. The first-order valence-corrected chi connectivity index (χ1v) is 5.62. The zero-order chi connectivity index (χ0) is 10.8. The number of esters is 1. The van der Waals surface area contributed by atoms with Crippen molar-refractivity contribution in [3.8, 4) is 0 Å². The van der Waals surface area contributed by atoms with Crippen LogP contribution in [0.1, 0.15) is 13.8 Å². The molecule has 0 bridgehead atoms. The molecule has 0 N–H and O–H groups in total. The van der Waals surface area contributed by atoms with Gasteiger partial charge in [-0.2, -0.15) is 0 Å². The number of methoxy groups -OCH3 is 1. The molecule has 0 saturated carbocycles. The van der Waals surface area contributed by atoms with E-state index < -0.39 is 0 Å². The maximum Gasteiger partial charge on any atom is 0.318 e. The van der Waals surface area contributed by atoms with Crippen LogP contribution in [0.15, 0.2) is 0 Å². The molecule has 84 valence electrons. The molecule has 0 aliphatic rings. The molecule has 0 aromatic rings. The van der Waals surface area contributed by atoms with Crippen LogP contribution in [-0.4, -0.2) is 44.1 Å². The number of hydrogen-bond donors (Lipinski definition) is 0. The molecule has 0 saturated heterocycles. The molecule has 5 heteroatoms. The first-order valence-electron chi connectivity index (χ1n) is 4.57. The monoisotopic (exact) mass is 222 g/mol. The van der Waals surface area contributed by atoms with Crippen LogP contribution in [0.25, 0.3) is 0 Å². The lowest BCUT2D eigenvalue weighted by Crippen LogP contribution is -2.17. The highest BCUT2D eigenvalue weighted by atomic mass is 32.2. The van der Waals surface area contributed by atoms with Crippen LogP contribution in [0.5, 0.6) is 0 Å². The third-order valence-corrected chi connectivity index (χ3v) is 2.45. The molecule has 0 fully saturated rings. The Balaban J connectivity index is 3.34. The predicted octanol–water partition coefficient (Wildman–Crippen LogP) is 1.29. The van der Waals surface area contributed by atoms with Crippen molar-refractivity contribution in [2.24, 2.45) is 0 Å². The van der Waals surface area contributed by atoms with Crippen LogP contribution >= 0.6 is 11.8 Å². The minimum atomic E-state index is -0.187. The molecular weight excluding hydrogens is 204 g/mol. The normalized spacial score (nSPS) is 12.5. The molecule has 0 aromatic carbocycles. The number of ether oxygens (including phenoxy) is 3. The Morgan fingerprint density at radius 1 is 1.43 bits per heavy atom. The third-order valence-electron chi connectivity index (χ3n) is 1.45. The molecule has 0 aliphatic carbocycles. The highest BCUT2D eigenvalue weighted by molar-refractivity contribution is 8.00. The van der Waals surface area contributed by atoms with E-state index in [2.05, 4.69) is 0 Å². The van der Waals surface area contributed by atoms with E-state index >= 15 is 0 Å². The average Bonchev–Trinajstić information content (AvgIpc) is 2.17. The van der Waals surface area contributed by atoms with Gasteiger partial charge in [0.15, 0.2) is 0 Å². The van der Waals surface area contributed by atoms with Crippen LogP contribution in [0.3, 0.4) is 0 Å². The number of hydrogen-bond acceptors (Lipinski definition) is 5. The second-order valence-electron chi connectivity index (χ2n) is 2.58. The first-order chi connectivity index (χ1) is 6.72. The lowest BCUT2D eigenvalue weighted by molar-refractivity contribution is -0.142. The van der Waals surface area contributed by atoms with Gasteiger partial charge in [0.25, 0.3) is 0 Å². The number of carbonyl (C=O) groups is 1. The fraction of sp³-hybridized carbons (Fsp3) is 0.889. The number of rotatable bonds is 8. The van der Waals surface area contributed by atoms with Gasteiger partial charge in [0.1, 0.15) is 5.25 Å². The fourth-order valence-electron chi connectivity index (χ4n) is 0.679. The van der Waals surface area contributed by atoms with Crippen LogP contribution in [-0.2, 0) is 19.0 Å². The van der Waals surface area contributed by atoms with E-state index in [4.69, 9.17) is 14.2 Å². The first kappa shape index (κ1) is 13.7. The molecule has 0 aliphatic heterocycles. The molecule has 0 radical (unpaired) electrons. The highest BCUT2D eigenvalue weighted by Gasteiger charge is 2.13. The van der Waals surface area contributed by atoms with E-state index in [-0.39, 0.29) is 11.2 Å². The minimum absolute atomic E-state index is 0.169. The molecule has 1 unspecified atom stereocenters. The molecule has 0 spiro atoms. The van der Waals surface area contributed by atoms with Gasteiger partial charge in [-0.15, -0.1) is 11.8 Å². The van der Waals surface area contributed by atoms with E-state index in [1.807, 2.05) is 6.92 Å². The summed E-state index contributed by atoms with van der Waals surface area (Å²) < 4.78 is 14.9. The van der Waals surface area contributed by atoms with Crippen molar-refractivity contribution in [2.45, 2.75) is 19.1 Å². The van der Waals surface area contributed by atoms with Crippen molar-refractivity contribution < 1.29 is 19.0 Å². The quantitative estimate of drug-likeness (QED) is 0.352. The van der Waals surface area contributed by atoms with Gasteiger partial charge in [-0.05, 0) is 13.8 Å². The third kappa shape index (κ3) is 7.17. The SMILES string of the molecule is CCOC(=O)C(C)SCOCCOC. The van der Waals surface area contributed by atoms with Gasteiger partial charge < -0.3 is 14.2 Å². The van der Waals surface area contributed by atoms with Crippen molar-refractivity contribution >= 4 is 17.7 Å². The van der Waals surface area contributed by atoms with Crippen LogP contribution in [0.2, 0.25) is 0 Å². The summed E-state index contributed by atoms with van der Waals surface area (Å²) >= 11 is 1.42. The van der Waals surface area contributed by atoms with Crippen molar-refractivity contribution in [3.05, 3.63) is 0 Å². The minimum Gasteiger partial charge on any atom is -0.465 e. The summed E-state index contributed by atoms with van der Waals surface area (Å²) in [4.78, 5) is 11.1. The molecule has 14 heavy (non-hydrogen) atoms. The Morgan fingerprint density at radius 2 is 2.14 bits per heavy atom. The van der Waals surface area contributed by atoms with Gasteiger partial charge in [0, 0.05) is 7.11 Å². The smallest absolute Gasteiger partial charge is 0.318 e. The maximum absolute atomic E-state index is 11.1. The molecule has 4 nitrogen and oxygen atoms in total. The summed E-state index contributed by atoms with van der Waals surface area (Å²) in [5, 5.41) is -0.169. The van der Waals surface area contributed by atoms with Gasteiger partial charge in [0.05, 0.1) is 25.8 Å². The van der Waals surface area contributed by atoms with E-state index in [0.29, 0.717) is 25.8 Å². The van der Waals surface area contributed by atoms with Gasteiger partial charge in [-0.1, -0.05) is 0 Å². The van der Waals surface area contributed by atoms with Gasteiger partial charge in [-0.3, -0.25) is 4.79 Å². The molecule has 0 heterocycles. The summed E-state index contributed by atoms with van der Waals surface area (Å²) in [5.74, 6) is 0.302. The van der Waals surface area contributed by atoms with Crippen molar-refractivity contribution in [2.75, 3.05) is 32.9 Å². The molecule has 0 amide bonds. The molecular formula is C9H18O4S. The number of carbonyl (C=O) groups excluding carboxylic acids is 1. The summed E-state index contributed by atoms with van der Waals surface area (Å²) in [6, 6.07) is 0. The second kappa shape index (κ2) is 9.30.